The molecule has 1 aliphatic rings. The first-order chi connectivity index (χ1) is 20.0. The third kappa shape index (κ3) is 7.35. The van der Waals surface area contributed by atoms with Crippen molar-refractivity contribution in [3.05, 3.63) is 125 Å². The molecule has 210 valence electrons. The maximum atomic E-state index is 13.8. The van der Waals surface area contributed by atoms with E-state index in [1.165, 1.54) is 17.0 Å². The Morgan fingerprint density at radius 1 is 0.878 bits per heavy atom. The lowest BCUT2D eigenvalue weighted by Gasteiger charge is -2.31. The van der Waals surface area contributed by atoms with Gasteiger partial charge in [0.05, 0.1) is 5.02 Å². The summed E-state index contributed by atoms with van der Waals surface area (Å²) in [7, 11) is 0. The van der Waals surface area contributed by atoms with Crippen molar-refractivity contribution < 1.29 is 28.2 Å². The topological polar surface area (TPSA) is 77.1 Å². The maximum Gasteiger partial charge on any atom is 0.261 e. The number of para-hydroxylation sites is 1. The molecule has 0 saturated heterocycles. The molecule has 2 amide bonds. The Labute approximate surface area is 242 Å². The van der Waals surface area contributed by atoms with Crippen LogP contribution in [0.4, 0.5) is 4.39 Å². The zero-order chi connectivity index (χ0) is 28.6. The second-order valence-electron chi connectivity index (χ2n) is 9.48. The van der Waals surface area contributed by atoms with Crippen molar-refractivity contribution in [2.75, 3.05) is 13.4 Å². The molecule has 0 radical (unpaired) electrons. The fourth-order valence-corrected chi connectivity index (χ4v) is 4.67. The highest BCUT2D eigenvalue weighted by atomic mass is 35.5. The Balaban J connectivity index is 1.40. The van der Waals surface area contributed by atoms with E-state index in [0.29, 0.717) is 27.8 Å². The summed E-state index contributed by atoms with van der Waals surface area (Å²) >= 11 is 6.22. The second kappa shape index (κ2) is 13.2. The van der Waals surface area contributed by atoms with E-state index in [0.717, 1.165) is 11.1 Å². The average molecular weight is 575 g/mol. The third-order valence-electron chi connectivity index (χ3n) is 6.63. The molecule has 1 N–H and O–H groups in total. The normalized spacial score (nSPS) is 12.4. The van der Waals surface area contributed by atoms with E-state index < -0.39 is 17.8 Å². The fourth-order valence-electron chi connectivity index (χ4n) is 4.48. The van der Waals surface area contributed by atoms with Gasteiger partial charge in [-0.25, -0.2) is 4.39 Å². The lowest BCUT2D eigenvalue weighted by atomic mass is 10.0. The Hall–Kier alpha value is -4.56. The van der Waals surface area contributed by atoms with Crippen LogP contribution in [0.3, 0.4) is 0 Å². The van der Waals surface area contributed by atoms with E-state index in [1.54, 1.807) is 42.5 Å². The van der Waals surface area contributed by atoms with Crippen LogP contribution in [0.2, 0.25) is 5.02 Å². The molecule has 0 spiro atoms. The van der Waals surface area contributed by atoms with Gasteiger partial charge in [-0.3, -0.25) is 9.59 Å². The minimum atomic E-state index is -0.890. The summed E-state index contributed by atoms with van der Waals surface area (Å²) in [5.41, 5.74) is 2.36. The molecular formula is C32H28ClFN2O5. The first-order valence-corrected chi connectivity index (χ1v) is 13.5. The molecule has 0 saturated carbocycles. The van der Waals surface area contributed by atoms with E-state index in [9.17, 15) is 14.0 Å². The van der Waals surface area contributed by atoms with Crippen molar-refractivity contribution in [2.45, 2.75) is 25.6 Å². The molecule has 1 aliphatic heterocycles. The van der Waals surface area contributed by atoms with Crippen molar-refractivity contribution in [1.29, 1.82) is 0 Å². The van der Waals surface area contributed by atoms with Crippen LogP contribution in [-0.4, -0.2) is 36.2 Å². The summed E-state index contributed by atoms with van der Waals surface area (Å²) in [6, 6.07) is 26.7. The van der Waals surface area contributed by atoms with Gasteiger partial charge in [0.1, 0.15) is 17.6 Å². The molecule has 4 aromatic rings. The Morgan fingerprint density at radius 3 is 2.37 bits per heavy atom. The number of rotatable bonds is 11. The van der Waals surface area contributed by atoms with Crippen LogP contribution < -0.4 is 19.5 Å². The Bertz CT molecular complexity index is 1500. The maximum absolute atomic E-state index is 13.8. The number of hydrogen-bond donors (Lipinski definition) is 1. The number of fused-ring (bicyclic) bond motifs is 1. The summed E-state index contributed by atoms with van der Waals surface area (Å²) in [6.45, 7) is 0.0993. The Kier molecular flexibility index (Phi) is 9.01. The zero-order valence-corrected chi connectivity index (χ0v) is 22.9. The number of carbonyl (C=O) groups is 2. The Morgan fingerprint density at radius 2 is 1.59 bits per heavy atom. The molecule has 5 rings (SSSR count). The zero-order valence-electron chi connectivity index (χ0n) is 22.1. The number of nitrogens with one attached hydrogen (secondary N) is 1. The largest absolute Gasteiger partial charge is 0.482 e. The second-order valence-corrected chi connectivity index (χ2v) is 9.89. The summed E-state index contributed by atoms with van der Waals surface area (Å²) in [4.78, 5) is 29.0. The van der Waals surface area contributed by atoms with Gasteiger partial charge in [0.2, 0.25) is 12.7 Å². The van der Waals surface area contributed by atoms with Crippen molar-refractivity contribution in [3.63, 3.8) is 0 Å². The van der Waals surface area contributed by atoms with Gasteiger partial charge in [-0.05, 0) is 53.1 Å². The highest BCUT2D eigenvalue weighted by Gasteiger charge is 2.31. The van der Waals surface area contributed by atoms with E-state index in [1.807, 2.05) is 42.5 Å². The molecule has 7 nitrogen and oxygen atoms in total. The van der Waals surface area contributed by atoms with Crippen LogP contribution >= 0.6 is 11.6 Å². The van der Waals surface area contributed by atoms with Crippen molar-refractivity contribution in [3.8, 4) is 17.2 Å². The quantitative estimate of drug-likeness (QED) is 0.254. The average Bonchev–Trinajstić information content (AvgIpc) is 3.47. The molecule has 0 bridgehead atoms. The molecule has 1 atom stereocenters. The van der Waals surface area contributed by atoms with Crippen molar-refractivity contribution >= 4 is 23.4 Å². The number of benzene rings is 4. The van der Waals surface area contributed by atoms with Crippen LogP contribution in [-0.2, 0) is 29.1 Å². The predicted octanol–water partition coefficient (Wildman–Crippen LogP) is 5.54. The van der Waals surface area contributed by atoms with Gasteiger partial charge < -0.3 is 24.4 Å². The molecule has 0 aromatic heterocycles. The monoisotopic (exact) mass is 574 g/mol. The minimum absolute atomic E-state index is 0.0694. The molecule has 0 aliphatic carbocycles. The third-order valence-corrected chi connectivity index (χ3v) is 6.94. The van der Waals surface area contributed by atoms with Crippen LogP contribution in [0.1, 0.15) is 16.7 Å². The molecule has 41 heavy (non-hydrogen) atoms. The summed E-state index contributed by atoms with van der Waals surface area (Å²) < 4.78 is 30.2. The van der Waals surface area contributed by atoms with E-state index in [-0.39, 0.29) is 38.8 Å². The van der Waals surface area contributed by atoms with E-state index >= 15 is 0 Å². The number of halogens is 2. The molecular weight excluding hydrogens is 547 g/mol. The van der Waals surface area contributed by atoms with Crippen LogP contribution in [0.25, 0.3) is 0 Å². The predicted molar refractivity (Wildman–Crippen MR) is 152 cm³/mol. The van der Waals surface area contributed by atoms with Gasteiger partial charge >= 0.3 is 0 Å². The van der Waals surface area contributed by atoms with Gasteiger partial charge in [0.15, 0.2) is 18.1 Å². The SMILES string of the molecule is O=C(NCc1ccc2c(c1)OCO2)[C@H](Cc1ccccc1)N(Cc1ccc(F)cc1)C(=O)COc1ccccc1Cl. The van der Waals surface area contributed by atoms with E-state index in [4.69, 9.17) is 25.8 Å². The molecule has 9 heteroatoms. The van der Waals surface area contributed by atoms with Gasteiger partial charge in [-0.15, -0.1) is 0 Å². The molecule has 0 fully saturated rings. The van der Waals surface area contributed by atoms with Gasteiger partial charge in [-0.1, -0.05) is 72.3 Å². The van der Waals surface area contributed by atoms with Gasteiger partial charge in [0, 0.05) is 19.5 Å². The van der Waals surface area contributed by atoms with Gasteiger partial charge in [-0.2, -0.15) is 0 Å². The van der Waals surface area contributed by atoms with Crippen LogP contribution in [0.15, 0.2) is 97.1 Å². The first-order valence-electron chi connectivity index (χ1n) is 13.1. The molecule has 0 unspecified atom stereocenters. The smallest absolute Gasteiger partial charge is 0.261 e. The molecule has 1 heterocycles. The van der Waals surface area contributed by atoms with Crippen molar-refractivity contribution in [2.24, 2.45) is 0 Å². The first kappa shape index (κ1) is 28.0. The highest BCUT2D eigenvalue weighted by Crippen LogP contribution is 2.32. The van der Waals surface area contributed by atoms with Crippen LogP contribution in [0, 0.1) is 5.82 Å². The molecule has 4 aromatic carbocycles. The number of carbonyl (C=O) groups excluding carboxylic acids is 2. The summed E-state index contributed by atoms with van der Waals surface area (Å²) in [5, 5.41) is 3.34. The van der Waals surface area contributed by atoms with Crippen LogP contribution in [0.5, 0.6) is 17.2 Å². The summed E-state index contributed by atoms with van der Waals surface area (Å²) in [6.07, 6.45) is 0.257. The van der Waals surface area contributed by atoms with Crippen molar-refractivity contribution in [1.82, 2.24) is 10.2 Å². The minimum Gasteiger partial charge on any atom is -0.482 e. The lowest BCUT2D eigenvalue weighted by molar-refractivity contribution is -0.142. The van der Waals surface area contributed by atoms with E-state index in [2.05, 4.69) is 5.32 Å². The number of amides is 2. The number of nitrogens with zero attached hydrogens (tertiary/aromatic N) is 1. The van der Waals surface area contributed by atoms with Gasteiger partial charge in [0.25, 0.3) is 5.91 Å². The number of hydrogen-bond acceptors (Lipinski definition) is 5. The highest BCUT2D eigenvalue weighted by molar-refractivity contribution is 6.32. The fraction of sp³-hybridized carbons (Fsp3) is 0.188. The summed E-state index contributed by atoms with van der Waals surface area (Å²) in [5.74, 6) is 0.458. The lowest BCUT2D eigenvalue weighted by Crippen LogP contribution is -2.51. The standard InChI is InChI=1S/C32H28ClFN2O5/c33-26-8-4-5-9-28(26)39-20-31(37)36(19-23-10-13-25(34)14-11-23)27(16-22-6-2-1-3-7-22)32(38)35-18-24-12-15-29-30(17-24)41-21-40-29/h1-15,17,27H,16,18-21H2,(H,35,38)/t27-/m0/s1. The number of ether oxygens (including phenoxy) is 3.